The smallest absolute Gasteiger partial charge is 0.0468 e. The van der Waals surface area contributed by atoms with Crippen LogP contribution in [-0.4, -0.2) is 0 Å². The number of benzene rings is 10. The normalized spacial score (nSPS) is 11.2. The molecule has 0 amide bonds. The zero-order chi connectivity index (χ0) is 38.0. The Kier molecular flexibility index (Phi) is 8.95. The Balaban J connectivity index is 1.06. The van der Waals surface area contributed by atoms with Crippen molar-refractivity contribution in [2.24, 2.45) is 0 Å². The third-order valence-electron chi connectivity index (χ3n) is 11.1. The maximum atomic E-state index is 2.37. The highest BCUT2D eigenvalue weighted by atomic mass is 15.1. The van der Waals surface area contributed by atoms with Gasteiger partial charge in [-0.2, -0.15) is 0 Å². The molecule has 268 valence electrons. The molecule has 57 heavy (non-hydrogen) atoms. The highest BCUT2D eigenvalue weighted by molar-refractivity contribution is 6.08. The van der Waals surface area contributed by atoms with E-state index in [9.17, 15) is 0 Å². The molecule has 0 saturated heterocycles. The van der Waals surface area contributed by atoms with Gasteiger partial charge in [0.25, 0.3) is 0 Å². The van der Waals surface area contributed by atoms with Crippen LogP contribution in [0.3, 0.4) is 0 Å². The van der Waals surface area contributed by atoms with E-state index in [4.69, 9.17) is 0 Å². The largest absolute Gasteiger partial charge is 0.310 e. The van der Waals surface area contributed by atoms with Crippen LogP contribution in [-0.2, 0) is 0 Å². The molecule has 0 aliphatic heterocycles. The van der Waals surface area contributed by atoms with Crippen LogP contribution in [0.2, 0.25) is 0 Å². The van der Waals surface area contributed by atoms with Gasteiger partial charge in [0, 0.05) is 17.1 Å². The summed E-state index contributed by atoms with van der Waals surface area (Å²) in [6.07, 6.45) is 0. The number of fused-ring (bicyclic) bond motifs is 3. The summed E-state index contributed by atoms with van der Waals surface area (Å²) in [7, 11) is 0. The maximum Gasteiger partial charge on any atom is 0.0468 e. The predicted molar refractivity (Wildman–Crippen MR) is 243 cm³/mol. The fourth-order valence-corrected chi connectivity index (χ4v) is 8.32. The number of nitrogens with zero attached hydrogens (tertiary/aromatic N) is 1. The third kappa shape index (κ3) is 6.56. The van der Waals surface area contributed by atoms with Crippen LogP contribution in [0.15, 0.2) is 237 Å². The van der Waals surface area contributed by atoms with Crippen LogP contribution in [0.25, 0.3) is 77.2 Å². The monoisotopic (exact) mass is 725 g/mol. The highest BCUT2D eigenvalue weighted by Gasteiger charge is 2.18. The molecule has 0 heterocycles. The standard InChI is InChI=1S/C56H39N/c1-3-15-40(16-4-1)41-29-33-46(34-30-41)57(48-37-38-52-45(39-48)28-27-43-19-7-8-20-49(43)52)47-35-31-44(32-36-47)51-22-10-12-24-54(51)56-26-14-13-25-55(56)53-23-11-9-21-50(53)42-17-5-2-6-18-42/h1-39H. The van der Waals surface area contributed by atoms with Crippen LogP contribution in [0, 0.1) is 0 Å². The first-order chi connectivity index (χ1) is 28.3. The average molecular weight is 726 g/mol. The summed E-state index contributed by atoms with van der Waals surface area (Å²) < 4.78 is 0. The fourth-order valence-electron chi connectivity index (χ4n) is 8.32. The molecule has 10 rings (SSSR count). The number of anilines is 3. The van der Waals surface area contributed by atoms with E-state index < -0.39 is 0 Å². The van der Waals surface area contributed by atoms with E-state index >= 15 is 0 Å². The van der Waals surface area contributed by atoms with Gasteiger partial charge in [0.2, 0.25) is 0 Å². The Morgan fingerprint density at radius 3 is 1.16 bits per heavy atom. The van der Waals surface area contributed by atoms with Gasteiger partial charge in [0.05, 0.1) is 0 Å². The molecule has 10 aromatic carbocycles. The molecule has 1 heteroatoms. The van der Waals surface area contributed by atoms with Crippen molar-refractivity contribution in [1.29, 1.82) is 0 Å². The lowest BCUT2D eigenvalue weighted by molar-refractivity contribution is 1.29. The fraction of sp³-hybridized carbons (Fsp3) is 0. The third-order valence-corrected chi connectivity index (χ3v) is 11.1. The lowest BCUT2D eigenvalue weighted by Crippen LogP contribution is -2.09. The van der Waals surface area contributed by atoms with Crippen molar-refractivity contribution in [3.8, 4) is 55.6 Å². The average Bonchev–Trinajstić information content (AvgIpc) is 3.30. The molecule has 0 aliphatic carbocycles. The first-order valence-corrected chi connectivity index (χ1v) is 19.6. The molecule has 0 fully saturated rings. The first-order valence-electron chi connectivity index (χ1n) is 19.6. The second-order valence-corrected chi connectivity index (χ2v) is 14.5. The molecular weight excluding hydrogens is 687 g/mol. The van der Waals surface area contributed by atoms with Crippen molar-refractivity contribution < 1.29 is 0 Å². The van der Waals surface area contributed by atoms with E-state index in [0.717, 1.165) is 17.1 Å². The molecule has 0 aromatic heterocycles. The molecule has 0 saturated carbocycles. The first kappa shape index (κ1) is 34.0. The van der Waals surface area contributed by atoms with Crippen molar-refractivity contribution in [2.75, 3.05) is 4.90 Å². The molecular formula is C56H39N. The Bertz CT molecular complexity index is 2980. The number of hydrogen-bond acceptors (Lipinski definition) is 1. The van der Waals surface area contributed by atoms with E-state index in [1.165, 1.54) is 77.2 Å². The Labute approximate surface area is 334 Å². The predicted octanol–water partition coefficient (Wildman–Crippen LogP) is 15.8. The lowest BCUT2D eigenvalue weighted by Gasteiger charge is -2.26. The second-order valence-electron chi connectivity index (χ2n) is 14.5. The van der Waals surface area contributed by atoms with Crippen LogP contribution in [0.5, 0.6) is 0 Å². The Morgan fingerprint density at radius 2 is 0.579 bits per heavy atom. The van der Waals surface area contributed by atoms with Gasteiger partial charge in [0.15, 0.2) is 0 Å². The van der Waals surface area contributed by atoms with Crippen molar-refractivity contribution in [3.05, 3.63) is 237 Å². The van der Waals surface area contributed by atoms with Crippen molar-refractivity contribution in [2.45, 2.75) is 0 Å². The van der Waals surface area contributed by atoms with Crippen molar-refractivity contribution in [1.82, 2.24) is 0 Å². The minimum Gasteiger partial charge on any atom is -0.310 e. The Morgan fingerprint density at radius 1 is 0.211 bits per heavy atom. The summed E-state index contributed by atoms with van der Waals surface area (Å²) in [6.45, 7) is 0. The highest BCUT2D eigenvalue weighted by Crippen LogP contribution is 2.43. The van der Waals surface area contributed by atoms with E-state index in [1.807, 2.05) is 0 Å². The molecule has 0 bridgehead atoms. The van der Waals surface area contributed by atoms with E-state index in [0.29, 0.717) is 0 Å². The van der Waals surface area contributed by atoms with Crippen LogP contribution in [0.1, 0.15) is 0 Å². The van der Waals surface area contributed by atoms with E-state index in [1.54, 1.807) is 0 Å². The molecule has 1 nitrogen and oxygen atoms in total. The molecule has 10 aromatic rings. The SMILES string of the molecule is c1ccc(-c2ccc(N(c3ccc(-c4ccccc4-c4ccccc4-c4ccccc4-c4ccccc4)cc3)c3ccc4c(ccc5ccccc54)c3)cc2)cc1. The van der Waals surface area contributed by atoms with Gasteiger partial charge in [-0.25, -0.2) is 0 Å². The quantitative estimate of drug-likeness (QED) is 0.141. The van der Waals surface area contributed by atoms with Crippen molar-refractivity contribution >= 4 is 38.6 Å². The van der Waals surface area contributed by atoms with Crippen LogP contribution in [0.4, 0.5) is 17.1 Å². The van der Waals surface area contributed by atoms with Gasteiger partial charge in [-0.05, 0) is 114 Å². The zero-order valence-electron chi connectivity index (χ0n) is 31.5. The van der Waals surface area contributed by atoms with Gasteiger partial charge >= 0.3 is 0 Å². The maximum absolute atomic E-state index is 2.37. The molecule has 0 aliphatic rings. The minimum atomic E-state index is 1.10. The second kappa shape index (κ2) is 15.0. The van der Waals surface area contributed by atoms with Gasteiger partial charge in [-0.15, -0.1) is 0 Å². The summed E-state index contributed by atoms with van der Waals surface area (Å²) in [4.78, 5) is 2.37. The molecule has 0 unspecified atom stereocenters. The van der Waals surface area contributed by atoms with Crippen LogP contribution < -0.4 is 4.90 Å². The number of hydrogen-bond donors (Lipinski definition) is 0. The van der Waals surface area contributed by atoms with Gasteiger partial charge in [-0.1, -0.05) is 200 Å². The Hall–Kier alpha value is -7.48. The van der Waals surface area contributed by atoms with Gasteiger partial charge in [-0.3, -0.25) is 0 Å². The van der Waals surface area contributed by atoms with Crippen LogP contribution >= 0.6 is 0 Å². The summed E-state index contributed by atoms with van der Waals surface area (Å²) in [6, 6.07) is 85.6. The summed E-state index contributed by atoms with van der Waals surface area (Å²) >= 11 is 0. The minimum absolute atomic E-state index is 1.10. The van der Waals surface area contributed by atoms with Gasteiger partial charge in [0.1, 0.15) is 0 Å². The molecule has 0 spiro atoms. The molecule has 0 atom stereocenters. The lowest BCUT2D eigenvalue weighted by atomic mass is 9.87. The van der Waals surface area contributed by atoms with E-state index in [-0.39, 0.29) is 0 Å². The summed E-state index contributed by atoms with van der Waals surface area (Å²) in [5, 5.41) is 5.00. The zero-order valence-corrected chi connectivity index (χ0v) is 31.5. The number of rotatable bonds is 8. The molecule has 0 N–H and O–H groups in total. The topological polar surface area (TPSA) is 3.24 Å². The van der Waals surface area contributed by atoms with E-state index in [2.05, 4.69) is 241 Å². The van der Waals surface area contributed by atoms with Crippen molar-refractivity contribution in [3.63, 3.8) is 0 Å². The molecule has 0 radical (unpaired) electrons. The van der Waals surface area contributed by atoms with Gasteiger partial charge < -0.3 is 4.90 Å². The summed E-state index contributed by atoms with van der Waals surface area (Å²) in [5.41, 5.74) is 15.4. The summed E-state index contributed by atoms with van der Waals surface area (Å²) in [5.74, 6) is 0.